The van der Waals surface area contributed by atoms with Crippen molar-refractivity contribution in [2.45, 2.75) is 70.8 Å². The fourth-order valence-corrected chi connectivity index (χ4v) is 4.89. The molecule has 1 fully saturated rings. The average Bonchev–Trinajstić information content (AvgIpc) is 3.09. The number of hydrogen-bond donors (Lipinski definition) is 2. The molecular weight excluding hydrogens is 382 g/mol. The van der Waals surface area contributed by atoms with E-state index in [0.717, 1.165) is 42.8 Å². The zero-order valence-corrected chi connectivity index (χ0v) is 18.2. The van der Waals surface area contributed by atoms with Crippen molar-refractivity contribution in [3.63, 3.8) is 0 Å². The Morgan fingerprint density at radius 1 is 1.14 bits per heavy atom. The molecule has 5 nitrogen and oxygen atoms in total. The van der Waals surface area contributed by atoms with Crippen LogP contribution in [0.2, 0.25) is 0 Å². The van der Waals surface area contributed by atoms with Crippen LogP contribution < -0.4 is 10.6 Å². The van der Waals surface area contributed by atoms with Gasteiger partial charge < -0.3 is 10.6 Å². The number of hydrogen-bond acceptors (Lipinski definition) is 4. The number of carbonyl (C=O) groups excluding carboxylic acids is 2. The second-order valence-corrected chi connectivity index (χ2v) is 8.97. The van der Waals surface area contributed by atoms with Crippen LogP contribution >= 0.6 is 11.3 Å². The Morgan fingerprint density at radius 2 is 1.86 bits per heavy atom. The van der Waals surface area contributed by atoms with E-state index in [1.807, 2.05) is 25.1 Å². The lowest BCUT2D eigenvalue weighted by atomic mass is 9.80. The summed E-state index contributed by atoms with van der Waals surface area (Å²) in [6.45, 7) is 4.63. The minimum atomic E-state index is -0.793. The molecule has 0 bridgehead atoms. The largest absolute Gasteiger partial charge is 0.354 e. The Labute approximate surface area is 177 Å². The molecule has 0 aliphatic heterocycles. The number of rotatable bonds is 8. The van der Waals surface area contributed by atoms with Crippen LogP contribution in [0.15, 0.2) is 30.3 Å². The van der Waals surface area contributed by atoms with Gasteiger partial charge in [0.2, 0.25) is 5.91 Å². The van der Waals surface area contributed by atoms with Crippen molar-refractivity contribution in [1.82, 2.24) is 15.6 Å². The summed E-state index contributed by atoms with van der Waals surface area (Å²) < 4.78 is 0. The van der Waals surface area contributed by atoms with Crippen LogP contribution in [-0.2, 0) is 11.2 Å². The zero-order chi connectivity index (χ0) is 20.7. The van der Waals surface area contributed by atoms with Crippen LogP contribution in [0, 0.1) is 6.92 Å². The first-order valence-electron chi connectivity index (χ1n) is 10.6. The summed E-state index contributed by atoms with van der Waals surface area (Å²) in [5, 5.41) is 7.07. The third kappa shape index (κ3) is 5.44. The fraction of sp³-hybridized carbons (Fsp3) is 0.522. The number of aromatic nitrogens is 1. The van der Waals surface area contributed by atoms with Crippen molar-refractivity contribution in [3.8, 4) is 0 Å². The van der Waals surface area contributed by atoms with Crippen molar-refractivity contribution in [2.75, 3.05) is 6.54 Å². The lowest BCUT2D eigenvalue weighted by molar-refractivity contribution is -0.128. The molecule has 1 heterocycles. The van der Waals surface area contributed by atoms with E-state index in [1.54, 1.807) is 0 Å². The van der Waals surface area contributed by atoms with Crippen LogP contribution in [0.3, 0.4) is 0 Å². The van der Waals surface area contributed by atoms with Gasteiger partial charge >= 0.3 is 0 Å². The molecule has 6 heteroatoms. The van der Waals surface area contributed by atoms with Gasteiger partial charge in [-0.05, 0) is 31.7 Å². The Hall–Kier alpha value is -2.21. The standard InChI is InChI=1S/C23H31N3O2S/c1-3-4-15-24-22(28)23(13-9-6-10-14-23)26-21(27)20-17(2)25-19(29-20)16-18-11-7-5-8-12-18/h5,7-8,11-12H,3-4,6,9-10,13-16H2,1-2H3,(H,24,28)(H,26,27). The lowest BCUT2D eigenvalue weighted by Gasteiger charge is -2.36. The van der Waals surface area contributed by atoms with Crippen molar-refractivity contribution in [3.05, 3.63) is 51.5 Å². The first-order chi connectivity index (χ1) is 14.0. The predicted octanol–water partition coefficient (Wildman–Crippen LogP) is 4.39. The molecule has 1 aromatic carbocycles. The smallest absolute Gasteiger partial charge is 0.264 e. The minimum Gasteiger partial charge on any atom is -0.354 e. The van der Waals surface area contributed by atoms with E-state index < -0.39 is 5.54 Å². The molecule has 0 spiro atoms. The summed E-state index contributed by atoms with van der Waals surface area (Å²) in [5.41, 5.74) is 1.11. The third-order valence-corrected chi connectivity index (χ3v) is 6.71. The SMILES string of the molecule is CCCCNC(=O)C1(NC(=O)c2sc(Cc3ccccc3)nc2C)CCCCC1. The monoisotopic (exact) mass is 413 g/mol. The van der Waals surface area contributed by atoms with Crippen molar-refractivity contribution in [2.24, 2.45) is 0 Å². The quantitative estimate of drug-likeness (QED) is 0.631. The molecular formula is C23H31N3O2S. The van der Waals surface area contributed by atoms with Crippen LogP contribution in [0.4, 0.5) is 0 Å². The first kappa shape index (κ1) is 21.5. The predicted molar refractivity (Wildman–Crippen MR) is 117 cm³/mol. The molecule has 2 aromatic rings. The van der Waals surface area contributed by atoms with E-state index in [4.69, 9.17) is 0 Å². The van der Waals surface area contributed by atoms with E-state index in [-0.39, 0.29) is 11.8 Å². The van der Waals surface area contributed by atoms with Gasteiger partial charge in [0.25, 0.3) is 5.91 Å². The van der Waals surface area contributed by atoms with Crippen molar-refractivity contribution >= 4 is 23.2 Å². The maximum Gasteiger partial charge on any atom is 0.264 e. The average molecular weight is 414 g/mol. The van der Waals surface area contributed by atoms with Gasteiger partial charge in [-0.2, -0.15) is 0 Å². The Kier molecular flexibility index (Phi) is 7.42. The number of aryl methyl sites for hydroxylation is 1. The summed E-state index contributed by atoms with van der Waals surface area (Å²) in [4.78, 5) is 31.3. The van der Waals surface area contributed by atoms with E-state index in [1.165, 1.54) is 16.9 Å². The number of nitrogens with zero attached hydrogens (tertiary/aromatic N) is 1. The van der Waals surface area contributed by atoms with Crippen molar-refractivity contribution in [1.29, 1.82) is 0 Å². The van der Waals surface area contributed by atoms with Crippen LogP contribution in [-0.4, -0.2) is 28.9 Å². The summed E-state index contributed by atoms with van der Waals surface area (Å²) in [5.74, 6) is -0.211. The van der Waals surface area contributed by atoms with Gasteiger partial charge in [-0.3, -0.25) is 9.59 Å². The summed E-state index contributed by atoms with van der Waals surface area (Å²) in [7, 11) is 0. The second kappa shape index (κ2) is 10.0. The highest BCUT2D eigenvalue weighted by Crippen LogP contribution is 2.30. The molecule has 0 atom stereocenters. The van der Waals surface area contributed by atoms with Gasteiger partial charge in [0, 0.05) is 13.0 Å². The number of carbonyl (C=O) groups is 2. The Bertz CT molecular complexity index is 826. The molecule has 0 unspecified atom stereocenters. The Balaban J connectivity index is 1.73. The van der Waals surface area contributed by atoms with Crippen molar-refractivity contribution < 1.29 is 9.59 Å². The maximum atomic E-state index is 13.1. The molecule has 1 saturated carbocycles. The second-order valence-electron chi connectivity index (χ2n) is 7.89. The van der Waals surface area contributed by atoms with Gasteiger partial charge in [0.1, 0.15) is 10.4 Å². The van der Waals surface area contributed by atoms with Crippen LogP contribution in [0.25, 0.3) is 0 Å². The number of unbranched alkanes of at least 4 members (excludes halogenated alkanes) is 1. The summed E-state index contributed by atoms with van der Waals surface area (Å²) >= 11 is 1.43. The van der Waals surface area contributed by atoms with Crippen LogP contribution in [0.5, 0.6) is 0 Å². The van der Waals surface area contributed by atoms with E-state index in [9.17, 15) is 9.59 Å². The highest BCUT2D eigenvalue weighted by molar-refractivity contribution is 7.13. The molecule has 2 N–H and O–H groups in total. The zero-order valence-electron chi connectivity index (χ0n) is 17.4. The van der Waals surface area contributed by atoms with Crippen LogP contribution in [0.1, 0.15) is 77.8 Å². The molecule has 156 valence electrons. The topological polar surface area (TPSA) is 71.1 Å². The third-order valence-electron chi connectivity index (χ3n) is 5.56. The van der Waals surface area contributed by atoms with Gasteiger partial charge in [-0.1, -0.05) is 62.9 Å². The number of thiazole rings is 1. The van der Waals surface area contributed by atoms with E-state index in [2.05, 4.69) is 34.7 Å². The van der Waals surface area contributed by atoms with E-state index in [0.29, 0.717) is 30.7 Å². The molecule has 1 aliphatic rings. The van der Waals surface area contributed by atoms with Gasteiger partial charge in [0.15, 0.2) is 0 Å². The lowest BCUT2D eigenvalue weighted by Crippen LogP contribution is -2.59. The Morgan fingerprint density at radius 3 is 2.55 bits per heavy atom. The highest BCUT2D eigenvalue weighted by Gasteiger charge is 2.41. The maximum absolute atomic E-state index is 13.1. The van der Waals surface area contributed by atoms with Gasteiger partial charge in [-0.15, -0.1) is 11.3 Å². The molecule has 29 heavy (non-hydrogen) atoms. The summed E-state index contributed by atoms with van der Waals surface area (Å²) in [6.07, 6.45) is 7.13. The summed E-state index contributed by atoms with van der Waals surface area (Å²) in [6, 6.07) is 10.1. The van der Waals surface area contributed by atoms with Gasteiger partial charge in [0.05, 0.1) is 10.7 Å². The first-order valence-corrected chi connectivity index (χ1v) is 11.5. The molecule has 1 aliphatic carbocycles. The number of amides is 2. The normalized spacial score (nSPS) is 15.7. The van der Waals surface area contributed by atoms with Gasteiger partial charge in [-0.25, -0.2) is 4.98 Å². The number of benzene rings is 1. The minimum absolute atomic E-state index is 0.0364. The molecule has 1 aromatic heterocycles. The number of nitrogens with one attached hydrogen (secondary N) is 2. The van der Waals surface area contributed by atoms with E-state index >= 15 is 0 Å². The molecule has 0 radical (unpaired) electrons. The molecule has 0 saturated heterocycles. The fourth-order valence-electron chi connectivity index (χ4n) is 3.90. The molecule has 3 rings (SSSR count). The highest BCUT2D eigenvalue weighted by atomic mass is 32.1. The molecule has 2 amide bonds.